The molecule has 0 unspecified atom stereocenters. The van der Waals surface area contributed by atoms with Crippen LogP contribution in [0.3, 0.4) is 0 Å². The molecule has 3 aromatic carbocycles. The van der Waals surface area contributed by atoms with Gasteiger partial charge in [0.05, 0.1) is 12.3 Å². The van der Waals surface area contributed by atoms with Gasteiger partial charge in [-0.1, -0.05) is 35.5 Å². The fraction of sp³-hybridized carbons (Fsp3) is 0.0769. The molecule has 0 aliphatic carbocycles. The predicted octanol–water partition coefficient (Wildman–Crippen LogP) is 4.48. The van der Waals surface area contributed by atoms with E-state index < -0.39 is 0 Å². The van der Waals surface area contributed by atoms with E-state index in [1.807, 2.05) is 54.6 Å². The Hall–Kier alpha value is -4.72. The Morgan fingerprint density at radius 2 is 1.79 bits per heavy atom. The van der Waals surface area contributed by atoms with E-state index in [1.54, 1.807) is 18.2 Å². The van der Waals surface area contributed by atoms with Crippen LogP contribution in [0.1, 0.15) is 15.9 Å². The summed E-state index contributed by atoms with van der Waals surface area (Å²) < 4.78 is 5.81. The van der Waals surface area contributed by atoms with Gasteiger partial charge in [-0.3, -0.25) is 9.89 Å². The standard InChI is InChI=1S/C26H22N6O2/c27-20-15-18(23-10-11-24-25(29-23)31-32-30-24)14-19(16-20)26(33)28-21-6-8-22(9-7-21)34-13-12-17-4-2-1-3-5-17/h1-11,14-16H,12-13,27H2,(H,28,33)(H,29,30,31,32). The van der Waals surface area contributed by atoms with Crippen molar-refractivity contribution < 1.29 is 9.53 Å². The number of rotatable bonds is 7. The summed E-state index contributed by atoms with van der Waals surface area (Å²) in [4.78, 5) is 17.4. The number of nitrogens with one attached hydrogen (secondary N) is 2. The van der Waals surface area contributed by atoms with E-state index in [1.165, 1.54) is 5.56 Å². The highest BCUT2D eigenvalue weighted by atomic mass is 16.5. The van der Waals surface area contributed by atoms with Crippen LogP contribution in [0.4, 0.5) is 11.4 Å². The molecule has 0 bridgehead atoms. The van der Waals surface area contributed by atoms with Crippen LogP contribution in [0.15, 0.2) is 84.9 Å². The van der Waals surface area contributed by atoms with E-state index in [9.17, 15) is 4.79 Å². The SMILES string of the molecule is Nc1cc(C(=O)Nc2ccc(OCCc3ccccc3)cc2)cc(-c2ccc3[nH]nnc3n2)c1. The summed E-state index contributed by atoms with van der Waals surface area (Å²) in [5.74, 6) is 0.475. The first-order valence-electron chi connectivity index (χ1n) is 10.8. The quantitative estimate of drug-likeness (QED) is 0.315. The Morgan fingerprint density at radius 1 is 0.971 bits per heavy atom. The minimum absolute atomic E-state index is 0.270. The van der Waals surface area contributed by atoms with Gasteiger partial charge in [-0.2, -0.15) is 0 Å². The number of aromatic nitrogens is 4. The lowest BCUT2D eigenvalue weighted by Gasteiger charge is -2.10. The highest BCUT2D eigenvalue weighted by molar-refractivity contribution is 6.05. The maximum atomic E-state index is 12.9. The third kappa shape index (κ3) is 4.86. The number of nitrogens with two attached hydrogens (primary N) is 1. The topological polar surface area (TPSA) is 119 Å². The number of hydrogen-bond donors (Lipinski definition) is 3. The van der Waals surface area contributed by atoms with E-state index in [0.717, 1.165) is 23.3 Å². The Morgan fingerprint density at radius 3 is 2.62 bits per heavy atom. The Bertz CT molecular complexity index is 1430. The molecule has 34 heavy (non-hydrogen) atoms. The molecule has 2 aromatic heterocycles. The van der Waals surface area contributed by atoms with Crippen molar-refractivity contribution in [3.05, 3.63) is 96.1 Å². The average molecular weight is 451 g/mol. The number of hydrogen-bond acceptors (Lipinski definition) is 6. The predicted molar refractivity (Wildman–Crippen MR) is 132 cm³/mol. The summed E-state index contributed by atoms with van der Waals surface area (Å²) >= 11 is 0. The van der Waals surface area contributed by atoms with Gasteiger partial charge < -0.3 is 15.8 Å². The van der Waals surface area contributed by atoms with Gasteiger partial charge >= 0.3 is 0 Å². The second-order valence-electron chi connectivity index (χ2n) is 7.79. The number of carbonyl (C=O) groups is 1. The zero-order chi connectivity index (χ0) is 23.3. The van der Waals surface area contributed by atoms with Gasteiger partial charge in [0.15, 0.2) is 0 Å². The smallest absolute Gasteiger partial charge is 0.255 e. The molecule has 8 heteroatoms. The van der Waals surface area contributed by atoms with Gasteiger partial charge in [0.1, 0.15) is 11.3 Å². The highest BCUT2D eigenvalue weighted by Crippen LogP contribution is 2.24. The zero-order valence-corrected chi connectivity index (χ0v) is 18.2. The lowest BCUT2D eigenvalue weighted by molar-refractivity contribution is 0.102. The average Bonchev–Trinajstić information content (AvgIpc) is 3.33. The van der Waals surface area contributed by atoms with Crippen LogP contribution < -0.4 is 15.8 Å². The molecule has 0 spiro atoms. The molecule has 4 N–H and O–H groups in total. The van der Waals surface area contributed by atoms with Crippen LogP contribution in [0, 0.1) is 0 Å². The first kappa shape index (κ1) is 21.1. The van der Waals surface area contributed by atoms with Crippen molar-refractivity contribution in [2.75, 3.05) is 17.7 Å². The number of nitrogen functional groups attached to an aromatic ring is 1. The molecule has 5 aromatic rings. The molecular formula is C26H22N6O2. The summed E-state index contributed by atoms with van der Waals surface area (Å²) in [6.07, 6.45) is 0.829. The number of ether oxygens (including phenoxy) is 1. The number of benzene rings is 3. The Labute approximate surface area is 195 Å². The third-order valence-corrected chi connectivity index (χ3v) is 5.32. The molecule has 0 aliphatic rings. The van der Waals surface area contributed by atoms with Crippen LogP contribution in [0.2, 0.25) is 0 Å². The second-order valence-corrected chi connectivity index (χ2v) is 7.79. The molecule has 1 amide bonds. The monoisotopic (exact) mass is 450 g/mol. The molecule has 8 nitrogen and oxygen atoms in total. The van der Waals surface area contributed by atoms with E-state index in [-0.39, 0.29) is 5.91 Å². The Balaban J connectivity index is 1.25. The van der Waals surface area contributed by atoms with E-state index >= 15 is 0 Å². The molecular weight excluding hydrogens is 428 g/mol. The summed E-state index contributed by atoms with van der Waals surface area (Å²) in [6.45, 7) is 0.579. The van der Waals surface area contributed by atoms with Crippen molar-refractivity contribution in [1.29, 1.82) is 0 Å². The lowest BCUT2D eigenvalue weighted by atomic mass is 10.1. The maximum Gasteiger partial charge on any atom is 0.255 e. The third-order valence-electron chi connectivity index (χ3n) is 5.32. The van der Waals surface area contributed by atoms with Crippen molar-refractivity contribution in [2.24, 2.45) is 0 Å². The number of amides is 1. The normalized spacial score (nSPS) is 10.8. The molecule has 2 heterocycles. The maximum absolute atomic E-state index is 12.9. The van der Waals surface area contributed by atoms with Gasteiger partial charge in [-0.25, -0.2) is 4.98 Å². The van der Waals surface area contributed by atoms with Gasteiger partial charge in [0, 0.05) is 28.9 Å². The van der Waals surface area contributed by atoms with Crippen LogP contribution in [-0.2, 0) is 6.42 Å². The van der Waals surface area contributed by atoms with Crippen molar-refractivity contribution in [3.63, 3.8) is 0 Å². The number of H-pyrrole nitrogens is 1. The summed E-state index contributed by atoms with van der Waals surface area (Å²) in [5.41, 5.74) is 11.5. The molecule has 0 saturated heterocycles. The zero-order valence-electron chi connectivity index (χ0n) is 18.2. The second kappa shape index (κ2) is 9.41. The fourth-order valence-electron chi connectivity index (χ4n) is 3.60. The van der Waals surface area contributed by atoms with Crippen LogP contribution in [-0.4, -0.2) is 32.9 Å². The van der Waals surface area contributed by atoms with E-state index in [0.29, 0.717) is 34.9 Å². The van der Waals surface area contributed by atoms with E-state index in [4.69, 9.17) is 10.5 Å². The van der Waals surface area contributed by atoms with Crippen molar-refractivity contribution in [1.82, 2.24) is 20.4 Å². The minimum Gasteiger partial charge on any atom is -0.493 e. The van der Waals surface area contributed by atoms with Crippen LogP contribution >= 0.6 is 0 Å². The number of fused-ring (bicyclic) bond motifs is 1. The molecule has 0 saturated carbocycles. The van der Waals surface area contributed by atoms with Gasteiger partial charge in [0.25, 0.3) is 5.91 Å². The first-order valence-corrected chi connectivity index (χ1v) is 10.8. The largest absolute Gasteiger partial charge is 0.493 e. The van der Waals surface area contributed by atoms with Crippen LogP contribution in [0.5, 0.6) is 5.75 Å². The summed E-state index contributed by atoms with van der Waals surface area (Å²) in [5, 5.41) is 13.4. The first-order chi connectivity index (χ1) is 16.6. The number of pyridine rings is 1. The van der Waals surface area contributed by atoms with Gasteiger partial charge in [-0.15, -0.1) is 5.10 Å². The fourth-order valence-corrected chi connectivity index (χ4v) is 3.60. The summed E-state index contributed by atoms with van der Waals surface area (Å²) in [6, 6.07) is 26.3. The number of anilines is 2. The van der Waals surface area contributed by atoms with Crippen molar-refractivity contribution in [2.45, 2.75) is 6.42 Å². The number of nitrogens with zero attached hydrogens (tertiary/aromatic N) is 3. The molecule has 0 fully saturated rings. The molecule has 168 valence electrons. The number of carbonyl (C=O) groups excluding carboxylic acids is 1. The lowest BCUT2D eigenvalue weighted by Crippen LogP contribution is -2.12. The molecule has 0 radical (unpaired) electrons. The molecule has 0 atom stereocenters. The van der Waals surface area contributed by atoms with Crippen molar-refractivity contribution in [3.8, 4) is 17.0 Å². The van der Waals surface area contributed by atoms with Gasteiger partial charge in [-0.05, 0) is 60.2 Å². The molecule has 0 aliphatic heterocycles. The highest BCUT2D eigenvalue weighted by Gasteiger charge is 2.12. The number of aromatic amines is 1. The minimum atomic E-state index is -0.270. The van der Waals surface area contributed by atoms with Crippen LogP contribution in [0.25, 0.3) is 22.4 Å². The molecule has 5 rings (SSSR count). The van der Waals surface area contributed by atoms with Gasteiger partial charge in [0.2, 0.25) is 5.65 Å². The Kier molecular flexibility index (Phi) is 5.85. The summed E-state index contributed by atoms with van der Waals surface area (Å²) in [7, 11) is 0. The van der Waals surface area contributed by atoms with Crippen molar-refractivity contribution >= 4 is 28.4 Å². The van der Waals surface area contributed by atoms with E-state index in [2.05, 4.69) is 37.8 Å².